The lowest BCUT2D eigenvalue weighted by atomic mass is 10.1. The number of amides is 1. The molecule has 0 saturated carbocycles. The van der Waals surface area contributed by atoms with Gasteiger partial charge in [-0.3, -0.25) is 4.79 Å². The summed E-state index contributed by atoms with van der Waals surface area (Å²) in [5.41, 5.74) is 7.90. The maximum absolute atomic E-state index is 12.3. The zero-order valence-electron chi connectivity index (χ0n) is 16.5. The van der Waals surface area contributed by atoms with Gasteiger partial charge in [0.1, 0.15) is 23.2 Å². The molecule has 1 atom stereocenters. The predicted octanol–water partition coefficient (Wildman–Crippen LogP) is 3.60. The fraction of sp³-hybridized carbons (Fsp3) is 0.227. The molecule has 0 fully saturated rings. The van der Waals surface area contributed by atoms with Crippen LogP contribution in [0.5, 0.6) is 5.75 Å². The zero-order valence-corrected chi connectivity index (χ0v) is 18.1. The van der Waals surface area contributed by atoms with Gasteiger partial charge < -0.3 is 15.8 Å². The van der Waals surface area contributed by atoms with Gasteiger partial charge in [-0.25, -0.2) is 4.68 Å². The summed E-state index contributed by atoms with van der Waals surface area (Å²) in [5.74, 6) is 0.744. The van der Waals surface area contributed by atoms with E-state index in [9.17, 15) is 10.1 Å². The number of nitriles is 1. The van der Waals surface area contributed by atoms with Crippen LogP contribution in [0.4, 0.5) is 5.82 Å². The number of ether oxygens (including phenoxy) is 1. The highest BCUT2D eigenvalue weighted by Crippen LogP contribution is 2.21. The van der Waals surface area contributed by atoms with E-state index in [-0.39, 0.29) is 5.91 Å². The van der Waals surface area contributed by atoms with Crippen LogP contribution >= 0.6 is 15.9 Å². The molecule has 1 aromatic heterocycles. The van der Waals surface area contributed by atoms with Gasteiger partial charge in [-0.15, -0.1) is 0 Å². The number of benzene rings is 2. The van der Waals surface area contributed by atoms with Gasteiger partial charge in [0.2, 0.25) is 0 Å². The first-order valence-electron chi connectivity index (χ1n) is 9.52. The van der Waals surface area contributed by atoms with Crippen molar-refractivity contribution >= 4 is 27.7 Å². The summed E-state index contributed by atoms with van der Waals surface area (Å²) in [6.45, 7) is 2.14. The third-order valence-electron chi connectivity index (χ3n) is 4.49. The van der Waals surface area contributed by atoms with Gasteiger partial charge >= 0.3 is 0 Å². The molecule has 0 aliphatic heterocycles. The van der Waals surface area contributed by atoms with Crippen LogP contribution in [-0.4, -0.2) is 28.3 Å². The number of nitrogens with one attached hydrogen (secondary N) is 1. The largest absolute Gasteiger partial charge is 0.481 e. The van der Waals surface area contributed by atoms with Gasteiger partial charge in [0.05, 0.1) is 11.4 Å². The number of halogens is 1. The SMILES string of the molecule is CC(Oc1ccc(Br)cc1)C(=O)NCCCc1nn(-c2ccccc2)c(N)c1C#N. The molecule has 1 heterocycles. The molecule has 7 nitrogen and oxygen atoms in total. The molecule has 2 aromatic carbocycles. The molecule has 0 aliphatic carbocycles. The van der Waals surface area contributed by atoms with E-state index in [0.717, 1.165) is 10.2 Å². The Kier molecular flexibility index (Phi) is 7.09. The second-order valence-electron chi connectivity index (χ2n) is 6.67. The minimum absolute atomic E-state index is 0.201. The highest BCUT2D eigenvalue weighted by atomic mass is 79.9. The maximum atomic E-state index is 12.3. The van der Waals surface area contributed by atoms with Crippen molar-refractivity contribution in [1.82, 2.24) is 15.1 Å². The average Bonchev–Trinajstić information content (AvgIpc) is 3.08. The summed E-state index contributed by atoms with van der Waals surface area (Å²) >= 11 is 3.36. The molecule has 1 amide bonds. The topological polar surface area (TPSA) is 106 Å². The highest BCUT2D eigenvalue weighted by Gasteiger charge is 2.17. The minimum Gasteiger partial charge on any atom is -0.481 e. The molecule has 8 heteroatoms. The number of carbonyl (C=O) groups excluding carboxylic acids is 1. The molecule has 0 aliphatic rings. The third-order valence-corrected chi connectivity index (χ3v) is 5.02. The van der Waals surface area contributed by atoms with E-state index in [1.165, 1.54) is 0 Å². The third kappa shape index (κ3) is 5.19. The Morgan fingerprint density at radius 1 is 1.27 bits per heavy atom. The Morgan fingerprint density at radius 2 is 1.97 bits per heavy atom. The lowest BCUT2D eigenvalue weighted by Crippen LogP contribution is -2.36. The van der Waals surface area contributed by atoms with Gasteiger partial charge in [-0.1, -0.05) is 34.1 Å². The van der Waals surface area contributed by atoms with Crippen molar-refractivity contribution in [1.29, 1.82) is 5.26 Å². The first-order valence-corrected chi connectivity index (χ1v) is 10.3. The molecule has 0 bridgehead atoms. The molecule has 3 N–H and O–H groups in total. The van der Waals surface area contributed by atoms with Crippen molar-refractivity contribution in [3.63, 3.8) is 0 Å². The number of hydrogen-bond acceptors (Lipinski definition) is 5. The number of para-hydroxylation sites is 1. The quantitative estimate of drug-likeness (QED) is 0.492. The molecule has 0 saturated heterocycles. The van der Waals surface area contributed by atoms with Crippen molar-refractivity contribution < 1.29 is 9.53 Å². The number of nitrogens with two attached hydrogens (primary N) is 1. The number of aryl methyl sites for hydroxylation is 1. The van der Waals surface area contributed by atoms with Gasteiger partial charge in [-0.2, -0.15) is 10.4 Å². The number of nitrogens with zero attached hydrogens (tertiary/aromatic N) is 3. The number of aromatic nitrogens is 2. The Bertz CT molecular complexity index is 1040. The van der Waals surface area contributed by atoms with E-state index >= 15 is 0 Å². The number of carbonyl (C=O) groups is 1. The fourth-order valence-corrected chi connectivity index (χ4v) is 3.19. The first kappa shape index (κ1) is 21.4. The highest BCUT2D eigenvalue weighted by molar-refractivity contribution is 9.10. The summed E-state index contributed by atoms with van der Waals surface area (Å²) in [7, 11) is 0. The second-order valence-corrected chi connectivity index (χ2v) is 7.59. The monoisotopic (exact) mass is 467 g/mol. The van der Waals surface area contributed by atoms with Crippen LogP contribution in [0.25, 0.3) is 5.69 Å². The zero-order chi connectivity index (χ0) is 21.5. The van der Waals surface area contributed by atoms with Crippen LogP contribution in [0, 0.1) is 11.3 Å². The van der Waals surface area contributed by atoms with Crippen LogP contribution in [0.15, 0.2) is 59.1 Å². The van der Waals surface area contributed by atoms with E-state index in [1.807, 2.05) is 42.5 Å². The van der Waals surface area contributed by atoms with Gasteiger partial charge in [0.15, 0.2) is 6.10 Å². The Morgan fingerprint density at radius 3 is 2.63 bits per heavy atom. The minimum atomic E-state index is -0.617. The number of rotatable bonds is 8. The van der Waals surface area contributed by atoms with Gasteiger partial charge in [0.25, 0.3) is 5.91 Å². The van der Waals surface area contributed by atoms with E-state index in [2.05, 4.69) is 32.4 Å². The van der Waals surface area contributed by atoms with E-state index in [4.69, 9.17) is 10.5 Å². The molecule has 3 aromatic rings. The van der Waals surface area contributed by atoms with Crippen LogP contribution in [0.2, 0.25) is 0 Å². The van der Waals surface area contributed by atoms with E-state index < -0.39 is 6.10 Å². The summed E-state index contributed by atoms with van der Waals surface area (Å²) < 4.78 is 8.16. The second kappa shape index (κ2) is 9.94. The van der Waals surface area contributed by atoms with Crippen LogP contribution < -0.4 is 15.8 Å². The average molecular weight is 468 g/mol. The molecule has 154 valence electrons. The molecule has 0 radical (unpaired) electrons. The van der Waals surface area contributed by atoms with E-state index in [0.29, 0.717) is 42.2 Å². The molecule has 3 rings (SSSR count). The fourth-order valence-electron chi connectivity index (χ4n) is 2.92. The van der Waals surface area contributed by atoms with Crippen molar-refractivity contribution in [2.75, 3.05) is 12.3 Å². The maximum Gasteiger partial charge on any atom is 0.260 e. The summed E-state index contributed by atoms with van der Waals surface area (Å²) in [4.78, 5) is 12.3. The van der Waals surface area contributed by atoms with E-state index in [1.54, 1.807) is 23.7 Å². The van der Waals surface area contributed by atoms with Gasteiger partial charge in [-0.05, 0) is 56.2 Å². The van der Waals surface area contributed by atoms with Gasteiger partial charge in [0, 0.05) is 11.0 Å². The lowest BCUT2D eigenvalue weighted by Gasteiger charge is -2.14. The van der Waals surface area contributed by atoms with Crippen LogP contribution in [0.1, 0.15) is 24.6 Å². The number of anilines is 1. The molecule has 0 spiro atoms. The lowest BCUT2D eigenvalue weighted by molar-refractivity contribution is -0.127. The summed E-state index contributed by atoms with van der Waals surface area (Å²) in [6, 6.07) is 18.9. The Balaban J connectivity index is 1.53. The summed E-state index contributed by atoms with van der Waals surface area (Å²) in [5, 5.41) is 16.8. The predicted molar refractivity (Wildman–Crippen MR) is 118 cm³/mol. The molecular weight excluding hydrogens is 446 g/mol. The Labute approximate surface area is 183 Å². The van der Waals surface area contributed by atoms with Crippen LogP contribution in [0.3, 0.4) is 0 Å². The van der Waals surface area contributed by atoms with Crippen molar-refractivity contribution in [2.45, 2.75) is 25.9 Å². The van der Waals surface area contributed by atoms with Crippen molar-refractivity contribution in [3.05, 3.63) is 70.3 Å². The normalized spacial score (nSPS) is 11.5. The molecular formula is C22H22BrN5O2. The number of hydrogen-bond donors (Lipinski definition) is 2. The Hall–Kier alpha value is -3.31. The standard InChI is InChI=1S/C22H22BrN5O2/c1-15(30-18-11-9-16(23)10-12-18)22(29)26-13-5-8-20-19(14-24)21(25)28(27-20)17-6-3-2-4-7-17/h2-4,6-7,9-12,15H,5,8,13,25H2,1H3,(H,26,29). The first-order chi connectivity index (χ1) is 14.5. The number of nitrogen functional groups attached to an aromatic ring is 1. The summed E-state index contributed by atoms with van der Waals surface area (Å²) in [6.07, 6.45) is 0.528. The molecule has 30 heavy (non-hydrogen) atoms. The molecule has 1 unspecified atom stereocenters. The van der Waals surface area contributed by atoms with Crippen molar-refractivity contribution in [3.8, 4) is 17.5 Å². The van der Waals surface area contributed by atoms with Crippen LogP contribution in [-0.2, 0) is 11.2 Å². The smallest absolute Gasteiger partial charge is 0.260 e. The van der Waals surface area contributed by atoms with Crippen molar-refractivity contribution in [2.24, 2.45) is 0 Å².